The van der Waals surface area contributed by atoms with Crippen LogP contribution in [0.1, 0.15) is 24.5 Å². The molecule has 0 radical (unpaired) electrons. The number of amides is 1. The molecule has 0 spiro atoms. The Morgan fingerprint density at radius 2 is 2.08 bits per heavy atom. The smallest absolute Gasteiger partial charge is 0.242 e. The zero-order chi connectivity index (χ0) is 17.9. The summed E-state index contributed by atoms with van der Waals surface area (Å²) >= 11 is 0. The molecule has 0 bridgehead atoms. The van der Waals surface area contributed by atoms with Crippen LogP contribution in [0, 0.1) is 0 Å². The molecule has 4 rings (SSSR count). The second-order valence-electron chi connectivity index (χ2n) is 6.64. The molecule has 0 N–H and O–H groups in total. The van der Waals surface area contributed by atoms with Gasteiger partial charge in [0.15, 0.2) is 5.43 Å². The fraction of sp³-hybridized carbons (Fsp3) is 0.300. The Morgan fingerprint density at radius 1 is 1.19 bits per heavy atom. The van der Waals surface area contributed by atoms with Crippen LogP contribution in [-0.2, 0) is 11.3 Å². The Morgan fingerprint density at radius 3 is 2.92 bits per heavy atom. The molecular formula is C20H20N4O2. The molecule has 26 heavy (non-hydrogen) atoms. The number of fused-ring (bicyclic) bond motifs is 1. The van der Waals surface area contributed by atoms with E-state index in [1.54, 1.807) is 24.8 Å². The molecule has 1 saturated heterocycles. The van der Waals surface area contributed by atoms with Crippen LogP contribution in [0.25, 0.3) is 10.9 Å². The number of para-hydroxylation sites is 1. The van der Waals surface area contributed by atoms with Gasteiger partial charge in [0, 0.05) is 48.5 Å². The van der Waals surface area contributed by atoms with Gasteiger partial charge < -0.3 is 9.47 Å². The summed E-state index contributed by atoms with van der Waals surface area (Å²) in [6.07, 6.45) is 7.00. The molecule has 0 aliphatic carbocycles. The molecule has 0 saturated carbocycles. The molecule has 2 aromatic heterocycles. The van der Waals surface area contributed by atoms with Gasteiger partial charge in [0.05, 0.1) is 5.52 Å². The van der Waals surface area contributed by atoms with Crippen LogP contribution in [0.15, 0.2) is 59.9 Å². The van der Waals surface area contributed by atoms with E-state index < -0.39 is 0 Å². The van der Waals surface area contributed by atoms with Crippen molar-refractivity contribution in [1.82, 2.24) is 19.4 Å². The number of piperidine rings is 1. The molecule has 6 nitrogen and oxygen atoms in total. The van der Waals surface area contributed by atoms with Gasteiger partial charge in [-0.2, -0.15) is 0 Å². The second-order valence-corrected chi connectivity index (χ2v) is 6.64. The first kappa shape index (κ1) is 16.4. The normalized spacial score (nSPS) is 17.4. The van der Waals surface area contributed by atoms with E-state index in [9.17, 15) is 9.59 Å². The van der Waals surface area contributed by atoms with Crippen molar-refractivity contribution in [2.24, 2.45) is 0 Å². The van der Waals surface area contributed by atoms with Crippen molar-refractivity contribution in [3.8, 4) is 0 Å². The monoisotopic (exact) mass is 348 g/mol. The number of carbonyl (C=O) groups is 1. The van der Waals surface area contributed by atoms with Gasteiger partial charge in [-0.05, 0) is 31.0 Å². The number of likely N-dealkylation sites (tertiary alicyclic amines) is 1. The number of nitrogens with zero attached hydrogens (tertiary/aromatic N) is 4. The van der Waals surface area contributed by atoms with Crippen molar-refractivity contribution >= 4 is 16.8 Å². The fourth-order valence-corrected chi connectivity index (χ4v) is 3.63. The third kappa shape index (κ3) is 3.22. The van der Waals surface area contributed by atoms with E-state index >= 15 is 0 Å². The first-order valence-electron chi connectivity index (χ1n) is 8.84. The number of hydrogen-bond acceptors (Lipinski definition) is 4. The molecule has 1 aromatic carbocycles. The van der Waals surface area contributed by atoms with Crippen molar-refractivity contribution in [2.75, 3.05) is 13.1 Å². The molecule has 1 aliphatic rings. The average molecular weight is 348 g/mol. The van der Waals surface area contributed by atoms with Gasteiger partial charge in [0.2, 0.25) is 5.91 Å². The maximum absolute atomic E-state index is 12.9. The quantitative estimate of drug-likeness (QED) is 0.728. The zero-order valence-electron chi connectivity index (χ0n) is 14.4. The summed E-state index contributed by atoms with van der Waals surface area (Å²) in [4.78, 5) is 35.1. The largest absolute Gasteiger partial charge is 0.340 e. The van der Waals surface area contributed by atoms with Gasteiger partial charge in [0.1, 0.15) is 12.9 Å². The van der Waals surface area contributed by atoms with Crippen molar-refractivity contribution in [3.63, 3.8) is 0 Å². The topological polar surface area (TPSA) is 68.1 Å². The van der Waals surface area contributed by atoms with Crippen LogP contribution >= 0.6 is 0 Å². The predicted molar refractivity (Wildman–Crippen MR) is 98.8 cm³/mol. The van der Waals surface area contributed by atoms with Crippen LogP contribution in [0.4, 0.5) is 0 Å². The standard InChI is InChI=1S/C20H20N4O2/c25-19-8-11-23(18-6-2-1-5-16(18)19)13-20(26)24-10-3-4-15(12-24)17-7-9-21-14-22-17/h1-2,5-9,11,14-15H,3-4,10,12-13H2/t15-/m1/s1. The maximum Gasteiger partial charge on any atom is 0.242 e. The Balaban J connectivity index is 1.53. The van der Waals surface area contributed by atoms with Crippen LogP contribution in [0.2, 0.25) is 0 Å². The summed E-state index contributed by atoms with van der Waals surface area (Å²) in [7, 11) is 0. The fourth-order valence-electron chi connectivity index (χ4n) is 3.63. The highest BCUT2D eigenvalue weighted by Gasteiger charge is 2.25. The number of pyridine rings is 1. The minimum atomic E-state index is -0.0221. The van der Waals surface area contributed by atoms with Gasteiger partial charge >= 0.3 is 0 Å². The summed E-state index contributed by atoms with van der Waals surface area (Å²) in [5, 5.41) is 0.639. The zero-order valence-corrected chi connectivity index (χ0v) is 14.4. The van der Waals surface area contributed by atoms with Crippen molar-refractivity contribution in [1.29, 1.82) is 0 Å². The van der Waals surface area contributed by atoms with E-state index in [0.29, 0.717) is 11.9 Å². The minimum Gasteiger partial charge on any atom is -0.340 e. The van der Waals surface area contributed by atoms with Crippen molar-refractivity contribution in [3.05, 3.63) is 71.0 Å². The van der Waals surface area contributed by atoms with Crippen molar-refractivity contribution < 1.29 is 4.79 Å². The molecule has 1 amide bonds. The highest BCUT2D eigenvalue weighted by atomic mass is 16.2. The van der Waals surface area contributed by atoms with Crippen LogP contribution < -0.4 is 5.43 Å². The number of rotatable bonds is 3. The summed E-state index contributed by atoms with van der Waals surface area (Å²) in [5.74, 6) is 0.319. The predicted octanol–water partition coefficient (Wildman–Crippen LogP) is 2.20. The lowest BCUT2D eigenvalue weighted by Gasteiger charge is -2.32. The molecule has 3 aromatic rings. The number of hydrogen-bond donors (Lipinski definition) is 0. The first-order chi connectivity index (χ1) is 12.7. The summed E-state index contributed by atoms with van der Waals surface area (Å²) < 4.78 is 1.85. The molecule has 3 heterocycles. The molecule has 1 aliphatic heterocycles. The third-order valence-electron chi connectivity index (χ3n) is 4.99. The molecule has 1 atom stereocenters. The Kier molecular flexibility index (Phi) is 4.48. The average Bonchev–Trinajstić information content (AvgIpc) is 2.71. The minimum absolute atomic E-state index is 0.0221. The summed E-state index contributed by atoms with van der Waals surface area (Å²) in [6, 6.07) is 10.8. The van der Waals surface area contributed by atoms with Gasteiger partial charge in [-0.3, -0.25) is 9.59 Å². The highest BCUT2D eigenvalue weighted by Crippen LogP contribution is 2.25. The first-order valence-corrected chi connectivity index (χ1v) is 8.84. The number of carbonyl (C=O) groups excluding carboxylic acids is 1. The lowest BCUT2D eigenvalue weighted by atomic mass is 9.94. The molecule has 6 heteroatoms. The summed E-state index contributed by atoms with van der Waals surface area (Å²) in [6.45, 7) is 1.67. The maximum atomic E-state index is 12.9. The number of benzene rings is 1. The molecular weight excluding hydrogens is 328 g/mol. The van der Waals surface area contributed by atoms with Crippen LogP contribution in [0.3, 0.4) is 0 Å². The van der Waals surface area contributed by atoms with E-state index in [4.69, 9.17) is 0 Å². The molecule has 0 unspecified atom stereocenters. The lowest BCUT2D eigenvalue weighted by Crippen LogP contribution is -2.41. The van der Waals surface area contributed by atoms with E-state index in [1.807, 2.05) is 33.7 Å². The Labute approximate surface area is 151 Å². The Hall–Kier alpha value is -3.02. The number of aromatic nitrogens is 3. The SMILES string of the molecule is O=C(Cn1ccc(=O)c2ccccc21)N1CCC[C@@H](c2ccncn2)C1. The third-order valence-corrected chi connectivity index (χ3v) is 4.99. The van der Waals surface area contributed by atoms with Gasteiger partial charge in [-0.25, -0.2) is 9.97 Å². The second kappa shape index (κ2) is 7.07. The van der Waals surface area contributed by atoms with Gasteiger partial charge in [-0.15, -0.1) is 0 Å². The van der Waals surface area contributed by atoms with Crippen LogP contribution in [-0.4, -0.2) is 38.4 Å². The molecule has 1 fully saturated rings. The lowest BCUT2D eigenvalue weighted by molar-refractivity contribution is -0.133. The van der Waals surface area contributed by atoms with E-state index in [0.717, 1.165) is 30.6 Å². The highest BCUT2D eigenvalue weighted by molar-refractivity contribution is 5.82. The van der Waals surface area contributed by atoms with E-state index in [-0.39, 0.29) is 23.8 Å². The molecule has 132 valence electrons. The van der Waals surface area contributed by atoms with Gasteiger partial charge in [-0.1, -0.05) is 12.1 Å². The Bertz CT molecular complexity index is 984. The van der Waals surface area contributed by atoms with Crippen molar-refractivity contribution in [2.45, 2.75) is 25.3 Å². The van der Waals surface area contributed by atoms with E-state index in [1.165, 1.54) is 6.07 Å². The van der Waals surface area contributed by atoms with Crippen LogP contribution in [0.5, 0.6) is 0 Å². The van der Waals surface area contributed by atoms with E-state index in [2.05, 4.69) is 9.97 Å². The van der Waals surface area contributed by atoms with Gasteiger partial charge in [0.25, 0.3) is 0 Å². The summed E-state index contributed by atoms with van der Waals surface area (Å²) in [5.41, 5.74) is 1.76.